The summed E-state index contributed by atoms with van der Waals surface area (Å²) in [5, 5.41) is 16.9. The molecule has 1 amide bonds. The largest absolute Gasteiger partial charge is 0.310 e. The fraction of sp³-hybridized carbons (Fsp3) is 0.0625. The molecule has 1 aromatic heterocycles. The minimum absolute atomic E-state index is 0.172. The van der Waals surface area contributed by atoms with Gasteiger partial charge in [-0.2, -0.15) is 10.4 Å². The van der Waals surface area contributed by atoms with Gasteiger partial charge in [-0.1, -0.05) is 18.2 Å². The number of benzene rings is 2. The number of nitrogens with one attached hydrogen (secondary N) is 1. The van der Waals surface area contributed by atoms with Crippen LogP contribution in [0.4, 0.5) is 5.69 Å². The molecule has 0 aliphatic rings. The SMILES string of the molecule is CN(C(=O)c1ccc2cn[nH]c2c1)c1ccccc1C#N. The molecule has 0 unspecified atom stereocenters. The van der Waals surface area contributed by atoms with Crippen LogP contribution in [-0.4, -0.2) is 23.2 Å². The topological polar surface area (TPSA) is 72.8 Å². The van der Waals surface area contributed by atoms with Crippen LogP contribution in [0.1, 0.15) is 15.9 Å². The molecule has 0 atom stereocenters. The molecule has 2 aromatic carbocycles. The van der Waals surface area contributed by atoms with Crippen LogP contribution in [0.25, 0.3) is 10.9 Å². The normalized spacial score (nSPS) is 10.3. The van der Waals surface area contributed by atoms with E-state index < -0.39 is 0 Å². The summed E-state index contributed by atoms with van der Waals surface area (Å²) >= 11 is 0. The van der Waals surface area contributed by atoms with Crippen molar-refractivity contribution in [1.29, 1.82) is 5.26 Å². The Morgan fingerprint density at radius 3 is 2.90 bits per heavy atom. The number of carbonyl (C=O) groups excluding carboxylic acids is 1. The summed E-state index contributed by atoms with van der Waals surface area (Å²) in [5.41, 5.74) is 2.41. The third-order valence-corrected chi connectivity index (χ3v) is 3.38. The molecule has 0 saturated carbocycles. The highest BCUT2D eigenvalue weighted by atomic mass is 16.2. The zero-order valence-corrected chi connectivity index (χ0v) is 11.4. The summed E-state index contributed by atoms with van der Waals surface area (Å²) in [6, 6.07) is 14.5. The summed E-state index contributed by atoms with van der Waals surface area (Å²) < 4.78 is 0. The number of nitriles is 1. The summed E-state index contributed by atoms with van der Waals surface area (Å²) in [6.45, 7) is 0. The summed E-state index contributed by atoms with van der Waals surface area (Å²) in [5.74, 6) is -0.172. The lowest BCUT2D eigenvalue weighted by Gasteiger charge is -2.18. The van der Waals surface area contributed by atoms with E-state index in [-0.39, 0.29) is 5.91 Å². The van der Waals surface area contributed by atoms with Crippen LogP contribution in [0.2, 0.25) is 0 Å². The lowest BCUT2D eigenvalue weighted by atomic mass is 10.1. The Balaban J connectivity index is 1.99. The van der Waals surface area contributed by atoms with Gasteiger partial charge in [0.05, 0.1) is 23.0 Å². The molecule has 0 radical (unpaired) electrons. The van der Waals surface area contributed by atoms with Crippen molar-refractivity contribution in [2.75, 3.05) is 11.9 Å². The predicted molar refractivity (Wildman–Crippen MR) is 80.0 cm³/mol. The zero-order valence-electron chi connectivity index (χ0n) is 11.4. The summed E-state index contributed by atoms with van der Waals surface area (Å²) in [6.07, 6.45) is 1.71. The fourth-order valence-corrected chi connectivity index (χ4v) is 2.23. The van der Waals surface area contributed by atoms with Crippen molar-refractivity contribution >= 4 is 22.5 Å². The lowest BCUT2D eigenvalue weighted by molar-refractivity contribution is 0.0993. The number of rotatable bonds is 2. The third-order valence-electron chi connectivity index (χ3n) is 3.38. The first-order valence-corrected chi connectivity index (χ1v) is 6.41. The summed E-state index contributed by atoms with van der Waals surface area (Å²) in [4.78, 5) is 14.0. The van der Waals surface area contributed by atoms with Gasteiger partial charge in [0.25, 0.3) is 5.91 Å². The van der Waals surface area contributed by atoms with Crippen LogP contribution >= 0.6 is 0 Å². The van der Waals surface area contributed by atoms with E-state index in [0.29, 0.717) is 16.8 Å². The number of fused-ring (bicyclic) bond motifs is 1. The highest BCUT2D eigenvalue weighted by molar-refractivity contribution is 6.07. The molecule has 0 spiro atoms. The highest BCUT2D eigenvalue weighted by Crippen LogP contribution is 2.21. The smallest absolute Gasteiger partial charge is 0.258 e. The molecule has 5 nitrogen and oxygen atoms in total. The predicted octanol–water partition coefficient (Wildman–Crippen LogP) is 2.71. The first-order chi connectivity index (χ1) is 10.2. The van der Waals surface area contributed by atoms with E-state index >= 15 is 0 Å². The van der Waals surface area contributed by atoms with Gasteiger partial charge < -0.3 is 4.90 Å². The number of nitrogens with zero attached hydrogens (tertiary/aromatic N) is 3. The van der Waals surface area contributed by atoms with Crippen LogP contribution in [-0.2, 0) is 0 Å². The average molecular weight is 276 g/mol. The number of carbonyl (C=O) groups is 1. The van der Waals surface area contributed by atoms with Gasteiger partial charge in [-0.15, -0.1) is 0 Å². The van der Waals surface area contributed by atoms with Crippen molar-refractivity contribution < 1.29 is 4.79 Å². The number of hydrogen-bond acceptors (Lipinski definition) is 3. The second-order valence-electron chi connectivity index (χ2n) is 4.67. The van der Waals surface area contributed by atoms with Crippen LogP contribution in [0.5, 0.6) is 0 Å². The molecule has 0 aliphatic carbocycles. The van der Waals surface area contributed by atoms with Gasteiger partial charge in [0.2, 0.25) is 0 Å². The molecule has 1 N–H and O–H groups in total. The zero-order chi connectivity index (χ0) is 14.8. The molecule has 3 rings (SSSR count). The van der Waals surface area contributed by atoms with E-state index in [1.165, 1.54) is 4.90 Å². The Morgan fingerprint density at radius 2 is 2.10 bits per heavy atom. The molecule has 5 heteroatoms. The molecule has 102 valence electrons. The van der Waals surface area contributed by atoms with Gasteiger partial charge in [0.1, 0.15) is 6.07 Å². The number of aromatic amines is 1. The monoisotopic (exact) mass is 276 g/mol. The van der Waals surface area contributed by atoms with E-state index in [2.05, 4.69) is 16.3 Å². The number of para-hydroxylation sites is 1. The van der Waals surface area contributed by atoms with Crippen LogP contribution in [0, 0.1) is 11.3 Å². The van der Waals surface area contributed by atoms with Gasteiger partial charge in [-0.25, -0.2) is 0 Å². The summed E-state index contributed by atoms with van der Waals surface area (Å²) in [7, 11) is 1.66. The van der Waals surface area contributed by atoms with Crippen molar-refractivity contribution in [3.8, 4) is 6.07 Å². The maximum absolute atomic E-state index is 12.6. The van der Waals surface area contributed by atoms with Crippen LogP contribution < -0.4 is 4.90 Å². The molecule has 1 heterocycles. The maximum atomic E-state index is 12.6. The minimum Gasteiger partial charge on any atom is -0.310 e. The van der Waals surface area contributed by atoms with Crippen molar-refractivity contribution in [2.24, 2.45) is 0 Å². The number of amides is 1. The first-order valence-electron chi connectivity index (χ1n) is 6.41. The van der Waals surface area contributed by atoms with Crippen LogP contribution in [0.3, 0.4) is 0 Å². The van der Waals surface area contributed by atoms with E-state index in [1.807, 2.05) is 6.07 Å². The number of anilines is 1. The molecule has 0 fully saturated rings. The average Bonchev–Trinajstić information content (AvgIpc) is 3.00. The Hall–Kier alpha value is -3.13. The van der Waals surface area contributed by atoms with Gasteiger partial charge >= 0.3 is 0 Å². The Bertz CT molecular complexity index is 860. The molecular weight excluding hydrogens is 264 g/mol. The molecule has 0 aliphatic heterocycles. The third kappa shape index (κ3) is 2.23. The number of aromatic nitrogens is 2. The fourth-order valence-electron chi connectivity index (χ4n) is 2.23. The van der Waals surface area contributed by atoms with Gasteiger partial charge in [0.15, 0.2) is 0 Å². The maximum Gasteiger partial charge on any atom is 0.258 e. The van der Waals surface area contributed by atoms with Crippen molar-refractivity contribution in [3.05, 3.63) is 59.8 Å². The van der Waals surface area contributed by atoms with Gasteiger partial charge in [0, 0.05) is 18.0 Å². The Labute approximate surface area is 121 Å². The van der Waals surface area contributed by atoms with Crippen LogP contribution in [0.15, 0.2) is 48.7 Å². The molecular formula is C16H12N4O. The van der Waals surface area contributed by atoms with Crippen molar-refractivity contribution in [1.82, 2.24) is 10.2 Å². The van der Waals surface area contributed by atoms with E-state index in [9.17, 15) is 4.79 Å². The molecule has 0 saturated heterocycles. The molecule has 3 aromatic rings. The van der Waals surface area contributed by atoms with Gasteiger partial charge in [-0.3, -0.25) is 9.89 Å². The van der Waals surface area contributed by atoms with E-state index in [1.54, 1.807) is 49.6 Å². The Morgan fingerprint density at radius 1 is 1.29 bits per heavy atom. The Kier molecular flexibility index (Phi) is 3.13. The lowest BCUT2D eigenvalue weighted by Crippen LogP contribution is -2.26. The van der Waals surface area contributed by atoms with Crippen molar-refractivity contribution in [2.45, 2.75) is 0 Å². The standard InChI is InChI=1S/C16H12N4O/c1-20(15-5-3-2-4-12(15)9-17)16(21)11-6-7-13-10-18-19-14(13)8-11/h2-8,10H,1H3,(H,18,19). The quantitative estimate of drug-likeness (QED) is 0.782. The number of H-pyrrole nitrogens is 1. The van der Waals surface area contributed by atoms with Gasteiger partial charge in [-0.05, 0) is 24.3 Å². The first kappa shape index (κ1) is 12.9. The molecule has 21 heavy (non-hydrogen) atoms. The second kappa shape index (κ2) is 5.10. The number of hydrogen-bond donors (Lipinski definition) is 1. The second-order valence-corrected chi connectivity index (χ2v) is 4.67. The highest BCUT2D eigenvalue weighted by Gasteiger charge is 2.16. The molecule has 0 bridgehead atoms. The van der Waals surface area contributed by atoms with E-state index in [4.69, 9.17) is 5.26 Å². The van der Waals surface area contributed by atoms with E-state index in [0.717, 1.165) is 10.9 Å². The van der Waals surface area contributed by atoms with Crippen molar-refractivity contribution in [3.63, 3.8) is 0 Å². The minimum atomic E-state index is -0.172.